The molecule has 4 rings (SSSR count). The highest BCUT2D eigenvalue weighted by Gasteiger charge is 2.22. The van der Waals surface area contributed by atoms with Crippen molar-refractivity contribution in [3.8, 4) is 11.4 Å². The van der Waals surface area contributed by atoms with E-state index in [9.17, 15) is 19.8 Å². The third-order valence-electron chi connectivity index (χ3n) is 3.95. The molecule has 0 saturated carbocycles. The summed E-state index contributed by atoms with van der Waals surface area (Å²) in [5.74, 6) is -2.09. The fourth-order valence-electron chi connectivity index (χ4n) is 2.76. The molecule has 0 spiro atoms. The normalized spacial score (nSPS) is 11.1. The van der Waals surface area contributed by atoms with Gasteiger partial charge >= 0.3 is 5.97 Å². The van der Waals surface area contributed by atoms with Crippen LogP contribution in [-0.4, -0.2) is 35.5 Å². The van der Waals surface area contributed by atoms with Crippen LogP contribution in [0.15, 0.2) is 53.2 Å². The quantitative estimate of drug-likeness (QED) is 0.571. The molecule has 26 heavy (non-hydrogen) atoms. The zero-order chi connectivity index (χ0) is 18.3. The number of hydrogen-bond donors (Lipinski definition) is 2. The lowest BCUT2D eigenvalue weighted by molar-refractivity contribution is 0.0695. The van der Waals surface area contributed by atoms with Gasteiger partial charge < -0.3 is 10.2 Å². The molecule has 0 fully saturated rings. The first kappa shape index (κ1) is 16.0. The summed E-state index contributed by atoms with van der Waals surface area (Å²) in [7, 11) is 0. The van der Waals surface area contributed by atoms with Gasteiger partial charge in [-0.1, -0.05) is 0 Å². The summed E-state index contributed by atoms with van der Waals surface area (Å²) in [6.07, 6.45) is 6.69. The number of nitrogens with zero attached hydrogens (tertiary/aromatic N) is 4. The summed E-state index contributed by atoms with van der Waals surface area (Å²) >= 11 is 1.16. The van der Waals surface area contributed by atoms with Gasteiger partial charge in [-0.05, 0) is 23.6 Å². The Balaban J connectivity index is 1.80. The van der Waals surface area contributed by atoms with Crippen molar-refractivity contribution in [1.82, 2.24) is 19.3 Å². The molecule has 0 aromatic carbocycles. The van der Waals surface area contributed by atoms with Crippen LogP contribution >= 0.6 is 11.3 Å². The van der Waals surface area contributed by atoms with Crippen LogP contribution in [0.5, 0.6) is 5.75 Å². The van der Waals surface area contributed by atoms with Gasteiger partial charge in [-0.3, -0.25) is 14.3 Å². The zero-order valence-corrected chi connectivity index (χ0v) is 14.1. The predicted octanol–water partition coefficient (Wildman–Crippen LogP) is 2.10. The summed E-state index contributed by atoms with van der Waals surface area (Å²) in [5.41, 5.74) is 0.857. The number of aromatic hydroxyl groups is 1. The highest BCUT2D eigenvalue weighted by Crippen LogP contribution is 2.29. The minimum absolute atomic E-state index is 0.153. The lowest BCUT2D eigenvalue weighted by atomic mass is 10.2. The summed E-state index contributed by atoms with van der Waals surface area (Å²) in [6.45, 7) is 0.153. The molecule has 0 radical (unpaired) electrons. The SMILES string of the molecule is O=C(O)c1c(O)c(=O)n(Cc2cnn(-c3cccnc3)c2)c2ccsc12. The maximum atomic E-state index is 12.5. The van der Waals surface area contributed by atoms with Gasteiger partial charge in [0, 0.05) is 18.0 Å². The van der Waals surface area contributed by atoms with Gasteiger partial charge in [0.2, 0.25) is 0 Å². The second-order valence-electron chi connectivity index (χ2n) is 5.56. The number of aromatic carboxylic acids is 1. The van der Waals surface area contributed by atoms with E-state index in [0.717, 1.165) is 22.6 Å². The van der Waals surface area contributed by atoms with Gasteiger partial charge in [0.05, 0.1) is 34.8 Å². The molecule has 0 aliphatic heterocycles. The van der Waals surface area contributed by atoms with Crippen molar-refractivity contribution in [2.45, 2.75) is 6.54 Å². The first-order chi connectivity index (χ1) is 12.6. The highest BCUT2D eigenvalue weighted by molar-refractivity contribution is 7.17. The number of fused-ring (bicyclic) bond motifs is 1. The molecular weight excluding hydrogens is 356 g/mol. The number of carboxylic acid groups (broad SMARTS) is 1. The second-order valence-corrected chi connectivity index (χ2v) is 6.48. The Labute approximate surface area is 150 Å². The van der Waals surface area contributed by atoms with Crippen molar-refractivity contribution in [2.75, 3.05) is 0 Å². The second kappa shape index (κ2) is 6.12. The molecule has 0 amide bonds. The van der Waals surface area contributed by atoms with E-state index in [2.05, 4.69) is 10.1 Å². The third-order valence-corrected chi connectivity index (χ3v) is 4.87. The minimum Gasteiger partial charge on any atom is -0.502 e. The van der Waals surface area contributed by atoms with E-state index in [1.54, 1.807) is 47.0 Å². The van der Waals surface area contributed by atoms with Crippen LogP contribution in [0.3, 0.4) is 0 Å². The molecule has 0 aliphatic rings. The number of carboxylic acids is 1. The largest absolute Gasteiger partial charge is 0.502 e. The smallest absolute Gasteiger partial charge is 0.341 e. The molecule has 4 heterocycles. The zero-order valence-electron chi connectivity index (χ0n) is 13.2. The third kappa shape index (κ3) is 2.54. The molecule has 0 aliphatic carbocycles. The van der Waals surface area contributed by atoms with Crippen molar-refractivity contribution < 1.29 is 15.0 Å². The molecule has 9 heteroatoms. The average molecular weight is 368 g/mol. The minimum atomic E-state index is -1.33. The maximum absolute atomic E-state index is 12.5. The lowest BCUT2D eigenvalue weighted by Gasteiger charge is -2.09. The van der Waals surface area contributed by atoms with E-state index in [1.807, 2.05) is 6.07 Å². The molecule has 0 atom stereocenters. The van der Waals surface area contributed by atoms with Crippen LogP contribution < -0.4 is 5.56 Å². The summed E-state index contributed by atoms with van der Waals surface area (Å²) in [5, 5.41) is 25.3. The number of carbonyl (C=O) groups is 1. The van der Waals surface area contributed by atoms with Gasteiger partial charge in [0.15, 0.2) is 5.75 Å². The fraction of sp³-hybridized carbons (Fsp3) is 0.0588. The Morgan fingerprint density at radius 1 is 1.27 bits per heavy atom. The Bertz CT molecular complexity index is 1180. The summed E-state index contributed by atoms with van der Waals surface area (Å²) in [4.78, 5) is 27.9. The van der Waals surface area contributed by atoms with Crippen LogP contribution in [0, 0.1) is 0 Å². The predicted molar refractivity (Wildman–Crippen MR) is 95.2 cm³/mol. The molecule has 0 saturated heterocycles. The molecule has 8 nitrogen and oxygen atoms in total. The number of hydrogen-bond acceptors (Lipinski definition) is 6. The van der Waals surface area contributed by atoms with Crippen molar-refractivity contribution in [1.29, 1.82) is 0 Å². The Morgan fingerprint density at radius 2 is 2.12 bits per heavy atom. The topological polar surface area (TPSA) is 110 Å². The molecule has 0 unspecified atom stereocenters. The van der Waals surface area contributed by atoms with E-state index < -0.39 is 17.3 Å². The van der Waals surface area contributed by atoms with Crippen LogP contribution in [0.25, 0.3) is 15.9 Å². The van der Waals surface area contributed by atoms with Crippen molar-refractivity contribution in [2.24, 2.45) is 0 Å². The van der Waals surface area contributed by atoms with Crippen LogP contribution in [0.1, 0.15) is 15.9 Å². The Hall–Kier alpha value is -3.46. The Kier molecular flexibility index (Phi) is 3.77. The van der Waals surface area contributed by atoms with Crippen LogP contribution in [0.4, 0.5) is 0 Å². The summed E-state index contributed by atoms with van der Waals surface area (Å²) < 4.78 is 3.33. The van der Waals surface area contributed by atoms with E-state index in [-0.39, 0.29) is 12.1 Å². The van der Waals surface area contributed by atoms with E-state index in [4.69, 9.17) is 0 Å². The number of thiophene rings is 1. The van der Waals surface area contributed by atoms with Crippen molar-refractivity contribution in [3.05, 3.63) is 69.8 Å². The first-order valence-electron chi connectivity index (χ1n) is 7.56. The molecule has 0 bridgehead atoms. The van der Waals surface area contributed by atoms with E-state index >= 15 is 0 Å². The van der Waals surface area contributed by atoms with Crippen molar-refractivity contribution >= 4 is 27.5 Å². The van der Waals surface area contributed by atoms with Gasteiger partial charge in [-0.15, -0.1) is 11.3 Å². The Morgan fingerprint density at radius 3 is 2.85 bits per heavy atom. The fourth-order valence-corrected chi connectivity index (χ4v) is 3.70. The van der Waals surface area contributed by atoms with Gasteiger partial charge in [0.1, 0.15) is 5.56 Å². The molecule has 4 aromatic heterocycles. The van der Waals surface area contributed by atoms with Gasteiger partial charge in [0.25, 0.3) is 5.56 Å². The number of pyridine rings is 2. The van der Waals surface area contributed by atoms with Crippen molar-refractivity contribution in [3.63, 3.8) is 0 Å². The number of aromatic nitrogens is 4. The molecular formula is C17H12N4O4S. The molecule has 2 N–H and O–H groups in total. The van der Waals surface area contributed by atoms with E-state index in [0.29, 0.717) is 10.2 Å². The van der Waals surface area contributed by atoms with Crippen LogP contribution in [-0.2, 0) is 6.54 Å². The number of rotatable bonds is 4. The monoisotopic (exact) mass is 368 g/mol. The molecule has 130 valence electrons. The summed E-state index contributed by atoms with van der Waals surface area (Å²) in [6, 6.07) is 5.30. The van der Waals surface area contributed by atoms with Crippen LogP contribution in [0.2, 0.25) is 0 Å². The average Bonchev–Trinajstić information content (AvgIpc) is 3.29. The van der Waals surface area contributed by atoms with E-state index in [1.165, 1.54) is 4.57 Å². The van der Waals surface area contributed by atoms with Gasteiger partial charge in [-0.2, -0.15) is 5.10 Å². The standard InChI is InChI=1S/C17H12N4O4S/c22-14-13(17(24)25)15-12(3-5-26-15)20(16(14)23)8-10-6-19-21(9-10)11-2-1-4-18-7-11/h1-7,9,22H,8H2,(H,24,25). The highest BCUT2D eigenvalue weighted by atomic mass is 32.1. The lowest BCUT2D eigenvalue weighted by Crippen LogP contribution is -2.22. The van der Waals surface area contributed by atoms with Gasteiger partial charge in [-0.25, -0.2) is 9.48 Å². The molecule has 4 aromatic rings. The first-order valence-corrected chi connectivity index (χ1v) is 8.44. The maximum Gasteiger partial charge on any atom is 0.341 e.